The van der Waals surface area contributed by atoms with Crippen LogP contribution in [0.25, 0.3) is 10.8 Å². The summed E-state index contributed by atoms with van der Waals surface area (Å²) in [5, 5.41) is 6.85. The Hall–Kier alpha value is -3.48. The Morgan fingerprint density at radius 1 is 1.00 bits per heavy atom. The summed E-state index contributed by atoms with van der Waals surface area (Å²) in [5.74, 6) is -0.901. The van der Waals surface area contributed by atoms with Gasteiger partial charge in [-0.25, -0.2) is 5.10 Å². The molecule has 7 nitrogen and oxygen atoms in total. The minimum absolute atomic E-state index is 0.0140. The molecule has 1 atom stereocenters. The predicted octanol–water partition coefficient (Wildman–Crippen LogP) is 1.88. The normalized spacial score (nSPS) is 11.7. The van der Waals surface area contributed by atoms with Gasteiger partial charge in [-0.2, -0.15) is 5.10 Å². The summed E-state index contributed by atoms with van der Waals surface area (Å²) in [6, 6.07) is 16.3. The van der Waals surface area contributed by atoms with Crippen molar-refractivity contribution in [3.8, 4) is 0 Å². The molecule has 0 saturated heterocycles. The Kier molecular flexibility index (Phi) is 5.07. The van der Waals surface area contributed by atoms with Crippen molar-refractivity contribution >= 4 is 22.6 Å². The molecule has 0 aliphatic heterocycles. The molecule has 132 valence electrons. The highest BCUT2D eigenvalue weighted by Gasteiger charge is 2.16. The van der Waals surface area contributed by atoms with Gasteiger partial charge in [0.15, 0.2) is 5.69 Å². The highest BCUT2D eigenvalue weighted by Crippen LogP contribution is 2.18. The summed E-state index contributed by atoms with van der Waals surface area (Å²) < 4.78 is 0. The zero-order chi connectivity index (χ0) is 18.5. The number of carbonyl (C=O) groups is 2. The zero-order valence-corrected chi connectivity index (χ0v) is 14.2. The van der Waals surface area contributed by atoms with Crippen LogP contribution in [-0.4, -0.2) is 22.0 Å². The molecular formula is C19H18N4O3. The first-order chi connectivity index (χ1) is 12.6. The van der Waals surface area contributed by atoms with Gasteiger partial charge in [0.05, 0.1) is 5.39 Å². The Morgan fingerprint density at radius 2 is 1.65 bits per heavy atom. The number of hydrogen-bond acceptors (Lipinski definition) is 4. The molecule has 0 aliphatic carbocycles. The molecule has 0 radical (unpaired) electrons. The summed E-state index contributed by atoms with van der Waals surface area (Å²) in [7, 11) is 0. The van der Waals surface area contributed by atoms with Crippen LogP contribution in [-0.2, 0) is 4.79 Å². The fraction of sp³-hybridized carbons (Fsp3) is 0.158. The van der Waals surface area contributed by atoms with E-state index in [2.05, 4.69) is 21.0 Å². The monoisotopic (exact) mass is 350 g/mol. The van der Waals surface area contributed by atoms with Crippen molar-refractivity contribution < 1.29 is 9.59 Å². The van der Waals surface area contributed by atoms with Crippen LogP contribution in [0.5, 0.6) is 0 Å². The number of H-pyrrole nitrogens is 1. The maximum absolute atomic E-state index is 12.3. The van der Waals surface area contributed by atoms with Gasteiger partial charge < -0.3 is 0 Å². The number of nitrogens with zero attached hydrogens (tertiary/aromatic N) is 1. The van der Waals surface area contributed by atoms with Crippen molar-refractivity contribution in [3.63, 3.8) is 0 Å². The van der Waals surface area contributed by atoms with E-state index in [-0.39, 0.29) is 29.5 Å². The van der Waals surface area contributed by atoms with Crippen LogP contribution < -0.4 is 16.4 Å². The number of amides is 2. The lowest BCUT2D eigenvalue weighted by molar-refractivity contribution is -0.122. The minimum atomic E-state index is -0.599. The maximum Gasteiger partial charge on any atom is 0.290 e. The van der Waals surface area contributed by atoms with Gasteiger partial charge in [-0.15, -0.1) is 0 Å². The smallest absolute Gasteiger partial charge is 0.273 e. The summed E-state index contributed by atoms with van der Waals surface area (Å²) in [6.07, 6.45) is 0.226. The fourth-order valence-electron chi connectivity index (χ4n) is 2.70. The number of aromatic nitrogens is 2. The Labute approximate surface area is 149 Å². The Bertz CT molecular complexity index is 998. The highest BCUT2D eigenvalue weighted by atomic mass is 16.2. The van der Waals surface area contributed by atoms with Crippen LogP contribution in [0.2, 0.25) is 0 Å². The summed E-state index contributed by atoms with van der Waals surface area (Å²) in [5.41, 5.74) is 5.44. The van der Waals surface area contributed by atoms with Gasteiger partial charge >= 0.3 is 0 Å². The van der Waals surface area contributed by atoms with E-state index in [4.69, 9.17) is 0 Å². The largest absolute Gasteiger partial charge is 0.290 e. The second-order valence-electron chi connectivity index (χ2n) is 5.97. The molecule has 3 aromatic rings. The molecule has 2 aromatic carbocycles. The van der Waals surface area contributed by atoms with Crippen molar-refractivity contribution in [3.05, 3.63) is 76.2 Å². The zero-order valence-electron chi connectivity index (χ0n) is 14.2. The second kappa shape index (κ2) is 7.60. The Morgan fingerprint density at radius 3 is 2.38 bits per heavy atom. The third-order valence-corrected chi connectivity index (χ3v) is 4.09. The van der Waals surface area contributed by atoms with E-state index in [0.717, 1.165) is 5.56 Å². The molecule has 2 amide bonds. The van der Waals surface area contributed by atoms with Crippen molar-refractivity contribution in [2.75, 3.05) is 0 Å². The lowest BCUT2D eigenvalue weighted by Crippen LogP contribution is -2.42. The third kappa shape index (κ3) is 3.77. The SMILES string of the molecule is CC(CC(=O)NNC(=O)c1n[nH]c(=O)c2ccccc12)c1ccccc1. The molecule has 1 heterocycles. The molecule has 3 N–H and O–H groups in total. The number of fused-ring (bicyclic) bond motifs is 1. The summed E-state index contributed by atoms with van der Waals surface area (Å²) in [6.45, 7) is 1.94. The van der Waals surface area contributed by atoms with Crippen LogP contribution >= 0.6 is 0 Å². The van der Waals surface area contributed by atoms with Crippen LogP contribution in [0.15, 0.2) is 59.4 Å². The van der Waals surface area contributed by atoms with E-state index < -0.39 is 5.91 Å². The van der Waals surface area contributed by atoms with Gasteiger partial charge in [0, 0.05) is 11.8 Å². The second-order valence-corrected chi connectivity index (χ2v) is 5.97. The number of rotatable bonds is 4. The summed E-state index contributed by atoms with van der Waals surface area (Å²) >= 11 is 0. The fourth-order valence-corrected chi connectivity index (χ4v) is 2.70. The molecule has 1 unspecified atom stereocenters. The molecular weight excluding hydrogens is 332 g/mol. The van der Waals surface area contributed by atoms with E-state index in [1.54, 1.807) is 24.3 Å². The van der Waals surface area contributed by atoms with Gasteiger partial charge in [0.25, 0.3) is 11.5 Å². The van der Waals surface area contributed by atoms with Gasteiger partial charge in [-0.1, -0.05) is 55.5 Å². The molecule has 7 heteroatoms. The molecule has 3 rings (SSSR count). The number of nitrogens with one attached hydrogen (secondary N) is 3. The number of hydrogen-bond donors (Lipinski definition) is 3. The maximum atomic E-state index is 12.3. The molecule has 1 aromatic heterocycles. The van der Waals surface area contributed by atoms with Crippen LogP contribution in [0.1, 0.15) is 35.3 Å². The number of carbonyl (C=O) groups excluding carboxylic acids is 2. The van der Waals surface area contributed by atoms with E-state index in [0.29, 0.717) is 10.8 Å². The number of aromatic amines is 1. The Balaban J connectivity index is 1.65. The number of hydrazine groups is 1. The van der Waals surface area contributed by atoms with Crippen molar-refractivity contribution in [2.45, 2.75) is 19.3 Å². The molecule has 0 spiro atoms. The first-order valence-corrected chi connectivity index (χ1v) is 8.18. The van der Waals surface area contributed by atoms with Gasteiger partial charge in [0.1, 0.15) is 0 Å². The third-order valence-electron chi connectivity index (χ3n) is 4.09. The number of benzene rings is 2. The van der Waals surface area contributed by atoms with Crippen LogP contribution in [0, 0.1) is 0 Å². The van der Waals surface area contributed by atoms with E-state index in [9.17, 15) is 14.4 Å². The van der Waals surface area contributed by atoms with Crippen molar-refractivity contribution in [2.24, 2.45) is 0 Å². The van der Waals surface area contributed by atoms with Gasteiger partial charge in [0.2, 0.25) is 5.91 Å². The quantitative estimate of drug-likeness (QED) is 0.625. The molecule has 0 aliphatic rings. The van der Waals surface area contributed by atoms with Gasteiger partial charge in [-0.3, -0.25) is 25.2 Å². The minimum Gasteiger partial charge on any atom is -0.273 e. The van der Waals surface area contributed by atoms with E-state index >= 15 is 0 Å². The topological polar surface area (TPSA) is 104 Å². The van der Waals surface area contributed by atoms with E-state index in [1.165, 1.54) is 0 Å². The average Bonchev–Trinajstić information content (AvgIpc) is 2.67. The van der Waals surface area contributed by atoms with Gasteiger partial charge in [-0.05, 0) is 17.5 Å². The molecule has 0 fully saturated rings. The predicted molar refractivity (Wildman–Crippen MR) is 97.4 cm³/mol. The molecule has 0 saturated carbocycles. The first-order valence-electron chi connectivity index (χ1n) is 8.18. The average molecular weight is 350 g/mol. The summed E-state index contributed by atoms with van der Waals surface area (Å²) in [4.78, 5) is 36.2. The van der Waals surface area contributed by atoms with E-state index in [1.807, 2.05) is 37.3 Å². The lowest BCUT2D eigenvalue weighted by Gasteiger charge is -2.12. The van der Waals surface area contributed by atoms with Crippen LogP contribution in [0.4, 0.5) is 0 Å². The van der Waals surface area contributed by atoms with Crippen LogP contribution in [0.3, 0.4) is 0 Å². The van der Waals surface area contributed by atoms with Crippen molar-refractivity contribution in [1.82, 2.24) is 21.0 Å². The highest BCUT2D eigenvalue weighted by molar-refractivity contribution is 6.05. The van der Waals surface area contributed by atoms with Crippen molar-refractivity contribution in [1.29, 1.82) is 0 Å². The first kappa shape index (κ1) is 17.3. The standard InChI is InChI=1S/C19H18N4O3/c1-12(13-7-3-2-4-8-13)11-16(24)20-23-19(26)17-14-9-5-6-10-15(14)18(25)22-21-17/h2-10,12H,11H2,1H3,(H,20,24)(H,22,25)(H,23,26). The lowest BCUT2D eigenvalue weighted by atomic mass is 9.98. The molecule has 26 heavy (non-hydrogen) atoms. The molecule has 0 bridgehead atoms.